The van der Waals surface area contributed by atoms with Crippen LogP contribution in [0.25, 0.3) is 0 Å². The summed E-state index contributed by atoms with van der Waals surface area (Å²) in [5.41, 5.74) is 1.67. The van der Waals surface area contributed by atoms with Crippen LogP contribution in [0.5, 0.6) is 0 Å². The molecule has 150 valence electrons. The maximum Gasteiger partial charge on any atom is 0.191 e. The first-order valence-electron chi connectivity index (χ1n) is 9.79. The topological polar surface area (TPSA) is 53.5 Å². The largest absolute Gasteiger partial charge is 0.357 e. The van der Waals surface area contributed by atoms with Gasteiger partial charge in [-0.25, -0.2) is 4.39 Å². The molecule has 0 aliphatic heterocycles. The first kappa shape index (κ1) is 20.5. The van der Waals surface area contributed by atoms with Crippen molar-refractivity contribution < 1.29 is 8.60 Å². The highest BCUT2D eigenvalue weighted by Crippen LogP contribution is 2.49. The molecule has 0 aromatic heterocycles. The van der Waals surface area contributed by atoms with E-state index in [0.717, 1.165) is 30.5 Å². The van der Waals surface area contributed by atoms with Gasteiger partial charge in [-0.3, -0.25) is 9.20 Å². The predicted molar refractivity (Wildman–Crippen MR) is 114 cm³/mol. The molecule has 0 heterocycles. The Morgan fingerprint density at radius 1 is 1.11 bits per heavy atom. The van der Waals surface area contributed by atoms with Crippen molar-refractivity contribution in [2.45, 2.75) is 30.9 Å². The van der Waals surface area contributed by atoms with Crippen molar-refractivity contribution in [1.29, 1.82) is 0 Å². The summed E-state index contributed by atoms with van der Waals surface area (Å²) in [6, 6.07) is 16.9. The van der Waals surface area contributed by atoms with E-state index in [1.165, 1.54) is 6.07 Å². The summed E-state index contributed by atoms with van der Waals surface area (Å²) < 4.78 is 26.4. The van der Waals surface area contributed by atoms with Crippen molar-refractivity contribution in [2.24, 2.45) is 4.99 Å². The van der Waals surface area contributed by atoms with Gasteiger partial charge in [0.05, 0.1) is 6.54 Å². The van der Waals surface area contributed by atoms with Crippen LogP contribution in [0.1, 0.15) is 30.9 Å². The summed E-state index contributed by atoms with van der Waals surface area (Å²) in [7, 11) is -0.928. The second kappa shape index (κ2) is 9.82. The van der Waals surface area contributed by atoms with Gasteiger partial charge in [0.15, 0.2) is 5.96 Å². The molecule has 0 spiro atoms. The summed E-state index contributed by atoms with van der Waals surface area (Å²) >= 11 is 0. The summed E-state index contributed by atoms with van der Waals surface area (Å²) in [6.45, 7) is 3.88. The Bertz CT molecular complexity index is 822. The van der Waals surface area contributed by atoms with Gasteiger partial charge in [0.25, 0.3) is 0 Å². The molecule has 1 atom stereocenters. The second-order valence-electron chi connectivity index (χ2n) is 7.16. The van der Waals surface area contributed by atoms with Crippen LogP contribution >= 0.6 is 0 Å². The van der Waals surface area contributed by atoms with E-state index in [4.69, 9.17) is 0 Å². The molecular formula is C22H28FN3OS. The number of rotatable bonds is 9. The monoisotopic (exact) mass is 401 g/mol. The molecule has 0 saturated heterocycles. The van der Waals surface area contributed by atoms with Gasteiger partial charge in [0.1, 0.15) is 5.82 Å². The van der Waals surface area contributed by atoms with Crippen molar-refractivity contribution >= 4 is 16.8 Å². The molecule has 6 heteroatoms. The molecule has 2 N–H and O–H groups in total. The summed E-state index contributed by atoms with van der Waals surface area (Å²) in [5.74, 6) is 1.66. The summed E-state index contributed by atoms with van der Waals surface area (Å²) in [6.07, 6.45) is 1.91. The van der Waals surface area contributed by atoms with Crippen LogP contribution in [0.4, 0.5) is 4.39 Å². The minimum absolute atomic E-state index is 0.149. The lowest BCUT2D eigenvalue weighted by Crippen LogP contribution is -2.39. The predicted octanol–water partition coefficient (Wildman–Crippen LogP) is 3.36. The number of halogens is 1. The number of hydrogen-bond acceptors (Lipinski definition) is 2. The third-order valence-corrected chi connectivity index (χ3v) is 6.29. The SMILES string of the molecule is CCNC(=NCC1(c2ccccc2F)CC1)NCCS(=O)Cc1ccccc1. The molecule has 1 aliphatic carbocycles. The molecule has 2 aromatic carbocycles. The number of nitrogens with one attached hydrogen (secondary N) is 2. The smallest absolute Gasteiger partial charge is 0.191 e. The van der Waals surface area contributed by atoms with Crippen molar-refractivity contribution in [2.75, 3.05) is 25.4 Å². The molecule has 28 heavy (non-hydrogen) atoms. The Morgan fingerprint density at radius 2 is 1.82 bits per heavy atom. The molecule has 1 fully saturated rings. The van der Waals surface area contributed by atoms with E-state index < -0.39 is 10.8 Å². The number of guanidine groups is 1. The maximum absolute atomic E-state index is 14.2. The number of nitrogens with zero attached hydrogens (tertiary/aromatic N) is 1. The highest BCUT2D eigenvalue weighted by atomic mass is 32.2. The van der Waals surface area contributed by atoms with Crippen LogP contribution in [0.3, 0.4) is 0 Å². The zero-order valence-electron chi connectivity index (χ0n) is 16.3. The van der Waals surface area contributed by atoms with Crippen LogP contribution in [0.2, 0.25) is 0 Å². The molecule has 1 saturated carbocycles. The van der Waals surface area contributed by atoms with Crippen molar-refractivity contribution in [3.05, 3.63) is 71.5 Å². The highest BCUT2D eigenvalue weighted by molar-refractivity contribution is 7.84. The molecule has 2 aromatic rings. The third-order valence-electron chi connectivity index (χ3n) is 4.98. The fourth-order valence-corrected chi connectivity index (χ4v) is 4.28. The van der Waals surface area contributed by atoms with E-state index in [1.54, 1.807) is 6.07 Å². The first-order chi connectivity index (χ1) is 13.6. The number of benzene rings is 2. The van der Waals surface area contributed by atoms with Crippen LogP contribution in [-0.2, 0) is 22.0 Å². The minimum Gasteiger partial charge on any atom is -0.357 e. The Balaban J connectivity index is 1.52. The van der Waals surface area contributed by atoms with Gasteiger partial charge >= 0.3 is 0 Å². The van der Waals surface area contributed by atoms with E-state index in [-0.39, 0.29) is 11.2 Å². The molecule has 3 rings (SSSR count). The average molecular weight is 402 g/mol. The first-order valence-corrected chi connectivity index (χ1v) is 11.3. The Hall–Kier alpha value is -2.21. The molecule has 4 nitrogen and oxygen atoms in total. The molecule has 0 amide bonds. The highest BCUT2D eigenvalue weighted by Gasteiger charge is 2.45. The number of hydrogen-bond donors (Lipinski definition) is 2. The van der Waals surface area contributed by atoms with Crippen LogP contribution in [0, 0.1) is 5.82 Å². The standard InChI is InChI=1S/C22H28FN3OS/c1-2-24-21(25-14-15-28(27)16-18-8-4-3-5-9-18)26-17-22(12-13-22)19-10-6-7-11-20(19)23/h3-11H,2,12-17H2,1H3,(H2,24,25,26). The normalized spacial score (nSPS) is 16.4. The Kier molecular flexibility index (Phi) is 7.20. The van der Waals surface area contributed by atoms with Gasteiger partial charge < -0.3 is 10.6 Å². The molecule has 1 aliphatic rings. The quantitative estimate of drug-likeness (QED) is 0.500. The van der Waals surface area contributed by atoms with Crippen molar-refractivity contribution in [3.63, 3.8) is 0 Å². The fraction of sp³-hybridized carbons (Fsp3) is 0.409. The van der Waals surface area contributed by atoms with Gasteiger partial charge in [-0.1, -0.05) is 48.5 Å². The Labute approximate surface area is 169 Å². The lowest BCUT2D eigenvalue weighted by atomic mass is 9.95. The lowest BCUT2D eigenvalue weighted by Gasteiger charge is -2.16. The van der Waals surface area contributed by atoms with Gasteiger partial charge in [-0.15, -0.1) is 0 Å². The number of aliphatic imine (C=N–C) groups is 1. The summed E-state index contributed by atoms with van der Waals surface area (Å²) in [5, 5.41) is 6.47. The zero-order valence-corrected chi connectivity index (χ0v) is 17.1. The van der Waals surface area contributed by atoms with Crippen LogP contribution in [0.15, 0.2) is 59.6 Å². The Morgan fingerprint density at radius 3 is 2.50 bits per heavy atom. The van der Waals surface area contributed by atoms with Gasteiger partial charge in [-0.2, -0.15) is 0 Å². The van der Waals surface area contributed by atoms with Crippen molar-refractivity contribution in [1.82, 2.24) is 10.6 Å². The van der Waals surface area contributed by atoms with Crippen LogP contribution in [-0.4, -0.2) is 35.6 Å². The van der Waals surface area contributed by atoms with E-state index in [1.807, 2.05) is 49.4 Å². The minimum atomic E-state index is -0.928. The van der Waals surface area contributed by atoms with Crippen LogP contribution < -0.4 is 10.6 Å². The van der Waals surface area contributed by atoms with E-state index >= 15 is 0 Å². The molecule has 0 bridgehead atoms. The van der Waals surface area contributed by atoms with E-state index in [2.05, 4.69) is 15.6 Å². The summed E-state index contributed by atoms with van der Waals surface area (Å²) in [4.78, 5) is 4.67. The van der Waals surface area contributed by atoms with Gasteiger partial charge in [0.2, 0.25) is 0 Å². The lowest BCUT2D eigenvalue weighted by molar-refractivity contribution is 0.572. The maximum atomic E-state index is 14.2. The van der Waals surface area contributed by atoms with E-state index in [0.29, 0.717) is 30.6 Å². The van der Waals surface area contributed by atoms with E-state index in [9.17, 15) is 8.60 Å². The molecule has 0 radical (unpaired) electrons. The van der Waals surface area contributed by atoms with Crippen molar-refractivity contribution in [3.8, 4) is 0 Å². The zero-order chi connectivity index (χ0) is 19.8. The fourth-order valence-electron chi connectivity index (χ4n) is 3.24. The van der Waals surface area contributed by atoms with Gasteiger partial charge in [-0.05, 0) is 37.0 Å². The third kappa shape index (κ3) is 5.64. The average Bonchev–Trinajstić information content (AvgIpc) is 3.48. The molecule has 1 unspecified atom stereocenters. The second-order valence-corrected chi connectivity index (χ2v) is 8.73. The molecular weight excluding hydrogens is 373 g/mol. The van der Waals surface area contributed by atoms with Gasteiger partial charge in [0, 0.05) is 40.8 Å².